The van der Waals surface area contributed by atoms with Crippen molar-refractivity contribution < 1.29 is 9.84 Å². The second-order valence-electron chi connectivity index (χ2n) is 5.90. The molecule has 0 fully saturated rings. The van der Waals surface area contributed by atoms with E-state index in [4.69, 9.17) is 4.74 Å². The lowest BCUT2D eigenvalue weighted by atomic mass is 9.86. The summed E-state index contributed by atoms with van der Waals surface area (Å²) in [6.45, 7) is 5.89. The first-order chi connectivity index (χ1) is 9.54. The highest BCUT2D eigenvalue weighted by Gasteiger charge is 2.31. The van der Waals surface area contributed by atoms with Crippen LogP contribution in [0.5, 0.6) is 11.5 Å². The van der Waals surface area contributed by atoms with Crippen LogP contribution >= 0.6 is 0 Å². The molecule has 3 nitrogen and oxygen atoms in total. The Morgan fingerprint density at radius 1 is 1.15 bits per heavy atom. The van der Waals surface area contributed by atoms with E-state index >= 15 is 0 Å². The summed E-state index contributed by atoms with van der Waals surface area (Å²) in [7, 11) is 0. The molecular weight excluding hydrogens is 250 g/mol. The first-order valence-electron chi connectivity index (χ1n) is 6.84. The van der Waals surface area contributed by atoms with Crippen LogP contribution in [0.1, 0.15) is 25.0 Å². The third-order valence-corrected chi connectivity index (χ3v) is 3.73. The predicted octanol–water partition coefficient (Wildman–Crippen LogP) is 3.67. The van der Waals surface area contributed by atoms with Crippen LogP contribution in [0, 0.1) is 0 Å². The monoisotopic (exact) mass is 269 g/mol. The van der Waals surface area contributed by atoms with Gasteiger partial charge in [0.1, 0.15) is 11.5 Å². The number of hydrogen-bond acceptors (Lipinski definition) is 3. The average Bonchev–Trinajstić information content (AvgIpc) is 2.74. The van der Waals surface area contributed by atoms with Crippen LogP contribution in [0.2, 0.25) is 0 Å². The number of fused-ring (bicyclic) bond motifs is 1. The van der Waals surface area contributed by atoms with Crippen molar-refractivity contribution in [2.45, 2.75) is 25.8 Å². The molecule has 2 aromatic rings. The minimum absolute atomic E-state index is 0.109. The first kappa shape index (κ1) is 12.9. The Balaban J connectivity index is 1.72. The molecule has 1 heterocycles. The van der Waals surface area contributed by atoms with Crippen LogP contribution in [0.15, 0.2) is 42.5 Å². The smallest absolute Gasteiger partial charge is 0.123 e. The van der Waals surface area contributed by atoms with Crippen molar-refractivity contribution in [1.82, 2.24) is 0 Å². The standard InChI is InChI=1S/C17H19NO2/c1-17(2)11-20-16-9-12(3-8-15(16)17)10-18-13-4-6-14(19)7-5-13/h3-9,18-19H,10-11H2,1-2H3. The molecule has 0 bridgehead atoms. The topological polar surface area (TPSA) is 41.5 Å². The summed E-state index contributed by atoms with van der Waals surface area (Å²) in [5.41, 5.74) is 3.57. The zero-order valence-electron chi connectivity index (χ0n) is 11.8. The van der Waals surface area contributed by atoms with Gasteiger partial charge in [0.05, 0.1) is 6.61 Å². The lowest BCUT2D eigenvalue weighted by Crippen LogP contribution is -2.18. The molecular formula is C17H19NO2. The molecule has 0 amide bonds. The van der Waals surface area contributed by atoms with E-state index in [1.165, 1.54) is 11.1 Å². The maximum atomic E-state index is 9.25. The second-order valence-corrected chi connectivity index (χ2v) is 5.90. The number of hydrogen-bond donors (Lipinski definition) is 2. The maximum absolute atomic E-state index is 9.25. The largest absolute Gasteiger partial charge is 0.508 e. The van der Waals surface area contributed by atoms with Gasteiger partial charge in [-0.2, -0.15) is 0 Å². The molecule has 0 saturated carbocycles. The third kappa shape index (κ3) is 2.44. The molecule has 0 unspecified atom stereocenters. The molecule has 2 N–H and O–H groups in total. The highest BCUT2D eigenvalue weighted by molar-refractivity contribution is 5.49. The zero-order valence-corrected chi connectivity index (χ0v) is 11.8. The van der Waals surface area contributed by atoms with E-state index in [0.29, 0.717) is 0 Å². The van der Waals surface area contributed by atoms with Crippen molar-refractivity contribution in [3.8, 4) is 11.5 Å². The minimum atomic E-state index is 0.109. The van der Waals surface area contributed by atoms with Gasteiger partial charge in [0, 0.05) is 23.2 Å². The molecule has 3 heteroatoms. The quantitative estimate of drug-likeness (QED) is 0.835. The molecule has 0 atom stereocenters. The average molecular weight is 269 g/mol. The summed E-state index contributed by atoms with van der Waals surface area (Å²) >= 11 is 0. The predicted molar refractivity (Wildman–Crippen MR) is 80.4 cm³/mol. The third-order valence-electron chi connectivity index (χ3n) is 3.73. The Morgan fingerprint density at radius 2 is 1.90 bits per heavy atom. The molecule has 0 aromatic heterocycles. The summed E-state index contributed by atoms with van der Waals surface area (Å²) in [6.07, 6.45) is 0. The fraction of sp³-hybridized carbons (Fsp3) is 0.294. The van der Waals surface area contributed by atoms with E-state index in [1.54, 1.807) is 12.1 Å². The van der Waals surface area contributed by atoms with Crippen LogP contribution in [0.3, 0.4) is 0 Å². The number of anilines is 1. The van der Waals surface area contributed by atoms with Gasteiger partial charge < -0.3 is 15.2 Å². The lowest BCUT2D eigenvalue weighted by Gasteiger charge is -2.15. The molecule has 2 aromatic carbocycles. The van der Waals surface area contributed by atoms with Crippen LogP contribution in [0.4, 0.5) is 5.69 Å². The SMILES string of the molecule is CC1(C)COc2cc(CNc3ccc(O)cc3)ccc21. The highest BCUT2D eigenvalue weighted by Crippen LogP contribution is 2.38. The molecule has 0 aliphatic carbocycles. The number of nitrogens with one attached hydrogen (secondary N) is 1. The summed E-state index contributed by atoms with van der Waals surface area (Å²) < 4.78 is 5.76. The van der Waals surface area contributed by atoms with E-state index in [1.807, 2.05) is 12.1 Å². The number of phenolic OH excluding ortho intramolecular Hbond substituents is 1. The van der Waals surface area contributed by atoms with Crippen molar-refractivity contribution >= 4 is 5.69 Å². The molecule has 1 aliphatic rings. The van der Waals surface area contributed by atoms with Crippen molar-refractivity contribution in [3.63, 3.8) is 0 Å². The molecule has 20 heavy (non-hydrogen) atoms. The number of aromatic hydroxyl groups is 1. The molecule has 0 radical (unpaired) electrons. The minimum Gasteiger partial charge on any atom is -0.508 e. The maximum Gasteiger partial charge on any atom is 0.123 e. The van der Waals surface area contributed by atoms with Crippen molar-refractivity contribution in [2.24, 2.45) is 0 Å². The van der Waals surface area contributed by atoms with E-state index in [-0.39, 0.29) is 11.2 Å². The summed E-state index contributed by atoms with van der Waals surface area (Å²) in [5.74, 6) is 1.28. The van der Waals surface area contributed by atoms with Crippen molar-refractivity contribution in [2.75, 3.05) is 11.9 Å². The van der Waals surface area contributed by atoms with E-state index in [2.05, 4.69) is 37.4 Å². The zero-order chi connectivity index (χ0) is 14.2. The van der Waals surface area contributed by atoms with Crippen LogP contribution in [-0.4, -0.2) is 11.7 Å². The summed E-state index contributed by atoms with van der Waals surface area (Å²) in [5, 5.41) is 12.6. The van der Waals surface area contributed by atoms with Gasteiger partial charge in [-0.1, -0.05) is 26.0 Å². The highest BCUT2D eigenvalue weighted by atomic mass is 16.5. The number of rotatable bonds is 3. The Labute approximate surface area is 119 Å². The molecule has 104 valence electrons. The fourth-order valence-corrected chi connectivity index (χ4v) is 2.47. The van der Waals surface area contributed by atoms with E-state index < -0.39 is 0 Å². The molecule has 1 aliphatic heterocycles. The normalized spacial score (nSPS) is 15.5. The molecule has 0 spiro atoms. The summed E-state index contributed by atoms with van der Waals surface area (Å²) in [6, 6.07) is 13.5. The van der Waals surface area contributed by atoms with Gasteiger partial charge in [-0.3, -0.25) is 0 Å². The van der Waals surface area contributed by atoms with Gasteiger partial charge in [-0.05, 0) is 35.9 Å². The Morgan fingerprint density at radius 3 is 2.65 bits per heavy atom. The Hall–Kier alpha value is -2.16. The van der Waals surface area contributed by atoms with Gasteiger partial charge >= 0.3 is 0 Å². The number of phenols is 1. The van der Waals surface area contributed by atoms with Crippen LogP contribution in [-0.2, 0) is 12.0 Å². The molecule has 0 saturated heterocycles. The van der Waals surface area contributed by atoms with E-state index in [0.717, 1.165) is 24.6 Å². The first-order valence-corrected chi connectivity index (χ1v) is 6.84. The van der Waals surface area contributed by atoms with Gasteiger partial charge in [-0.15, -0.1) is 0 Å². The molecule has 3 rings (SSSR count). The number of ether oxygens (including phenoxy) is 1. The fourth-order valence-electron chi connectivity index (χ4n) is 2.47. The Bertz CT molecular complexity index is 617. The van der Waals surface area contributed by atoms with Gasteiger partial charge in [0.2, 0.25) is 0 Å². The van der Waals surface area contributed by atoms with Crippen molar-refractivity contribution in [1.29, 1.82) is 0 Å². The van der Waals surface area contributed by atoms with Gasteiger partial charge in [0.25, 0.3) is 0 Å². The number of benzene rings is 2. The van der Waals surface area contributed by atoms with Crippen LogP contribution < -0.4 is 10.1 Å². The van der Waals surface area contributed by atoms with Gasteiger partial charge in [0.15, 0.2) is 0 Å². The summed E-state index contributed by atoms with van der Waals surface area (Å²) in [4.78, 5) is 0. The lowest BCUT2D eigenvalue weighted by molar-refractivity contribution is 0.291. The van der Waals surface area contributed by atoms with Crippen LogP contribution in [0.25, 0.3) is 0 Å². The Kier molecular flexibility index (Phi) is 3.05. The second kappa shape index (κ2) is 4.75. The van der Waals surface area contributed by atoms with Crippen molar-refractivity contribution in [3.05, 3.63) is 53.6 Å². The van der Waals surface area contributed by atoms with Gasteiger partial charge in [-0.25, -0.2) is 0 Å². The van der Waals surface area contributed by atoms with E-state index in [9.17, 15) is 5.11 Å².